The number of benzene rings is 2. The highest BCUT2D eigenvalue weighted by atomic mass is 79.9. The van der Waals surface area contributed by atoms with E-state index in [4.69, 9.17) is 12.2 Å². The maximum atomic E-state index is 9.57. The fourth-order valence-electron chi connectivity index (χ4n) is 2.09. The van der Waals surface area contributed by atoms with Crippen LogP contribution in [0.3, 0.4) is 0 Å². The number of hydrogen-bond donors (Lipinski definition) is 2. The summed E-state index contributed by atoms with van der Waals surface area (Å²) in [5.74, 6) is 0.417. The lowest BCUT2D eigenvalue weighted by Crippen LogP contribution is -1.97. The average Bonchev–Trinajstić information content (AvgIpc) is 2.44. The number of hydrogen-bond acceptors (Lipinski definition) is 3. The molecule has 1 heterocycles. The van der Waals surface area contributed by atoms with Crippen molar-refractivity contribution in [3.05, 3.63) is 57.8 Å². The van der Waals surface area contributed by atoms with E-state index in [1.54, 1.807) is 42.5 Å². The lowest BCUT2D eigenvalue weighted by molar-refractivity contribution is 0.475. The molecular formula is C15H10BrNO2S. The van der Waals surface area contributed by atoms with Gasteiger partial charge >= 0.3 is 0 Å². The van der Waals surface area contributed by atoms with Gasteiger partial charge in [0.25, 0.3) is 0 Å². The Hall–Kier alpha value is -1.85. The zero-order valence-corrected chi connectivity index (χ0v) is 12.6. The Bertz CT molecular complexity index is 856. The summed E-state index contributed by atoms with van der Waals surface area (Å²) in [4.78, 5) is 0. The van der Waals surface area contributed by atoms with Crippen LogP contribution in [-0.2, 0) is 0 Å². The van der Waals surface area contributed by atoms with Gasteiger partial charge in [0.2, 0.25) is 0 Å². The van der Waals surface area contributed by atoms with Crippen LogP contribution in [0.15, 0.2) is 53.1 Å². The normalized spacial score (nSPS) is 10.8. The van der Waals surface area contributed by atoms with Crippen molar-refractivity contribution in [1.82, 2.24) is 4.57 Å². The van der Waals surface area contributed by atoms with E-state index in [0.717, 1.165) is 20.9 Å². The van der Waals surface area contributed by atoms with Gasteiger partial charge in [0.05, 0.1) is 0 Å². The monoisotopic (exact) mass is 347 g/mol. The molecule has 5 heteroatoms. The molecule has 0 bridgehead atoms. The number of phenolic OH excluding ortho intramolecular Hbond substituents is 2. The van der Waals surface area contributed by atoms with Crippen LogP contribution in [0.4, 0.5) is 0 Å². The number of aromatic nitrogens is 1. The van der Waals surface area contributed by atoms with Crippen LogP contribution in [0.1, 0.15) is 0 Å². The predicted octanol–water partition coefficient (Wildman–Crippen LogP) is 4.53. The Morgan fingerprint density at radius 3 is 2.25 bits per heavy atom. The van der Waals surface area contributed by atoms with Crippen molar-refractivity contribution in [2.75, 3.05) is 0 Å². The van der Waals surface area contributed by atoms with E-state index in [0.29, 0.717) is 4.64 Å². The quantitative estimate of drug-likeness (QED) is 0.635. The van der Waals surface area contributed by atoms with Gasteiger partial charge in [0, 0.05) is 27.1 Å². The molecule has 2 aromatic carbocycles. The standard InChI is InChI=1S/C15H10BrNO2S/c16-14-8-17(9-1-3-10(18)4-2-9)15(20)12-6-5-11(19)7-13(12)14/h1-8,18-19H. The Labute approximate surface area is 128 Å². The van der Waals surface area contributed by atoms with Gasteiger partial charge in [-0.2, -0.15) is 0 Å². The predicted molar refractivity (Wildman–Crippen MR) is 85.1 cm³/mol. The van der Waals surface area contributed by atoms with E-state index < -0.39 is 0 Å². The van der Waals surface area contributed by atoms with Crippen LogP contribution in [0.2, 0.25) is 0 Å². The number of rotatable bonds is 1. The zero-order chi connectivity index (χ0) is 14.3. The topological polar surface area (TPSA) is 45.4 Å². The number of phenols is 2. The molecule has 20 heavy (non-hydrogen) atoms. The second-order valence-electron chi connectivity index (χ2n) is 4.40. The summed E-state index contributed by atoms with van der Waals surface area (Å²) < 4.78 is 3.34. The van der Waals surface area contributed by atoms with E-state index >= 15 is 0 Å². The molecule has 0 amide bonds. The van der Waals surface area contributed by atoms with E-state index in [1.165, 1.54) is 0 Å². The van der Waals surface area contributed by atoms with Crippen molar-refractivity contribution in [1.29, 1.82) is 0 Å². The van der Waals surface area contributed by atoms with E-state index in [-0.39, 0.29) is 11.5 Å². The van der Waals surface area contributed by atoms with Gasteiger partial charge in [-0.25, -0.2) is 0 Å². The molecule has 0 unspecified atom stereocenters. The zero-order valence-electron chi connectivity index (χ0n) is 10.2. The molecule has 0 atom stereocenters. The first kappa shape index (κ1) is 13.1. The lowest BCUT2D eigenvalue weighted by atomic mass is 10.1. The van der Waals surface area contributed by atoms with Crippen LogP contribution in [-0.4, -0.2) is 14.8 Å². The second kappa shape index (κ2) is 4.92. The molecule has 0 aliphatic rings. The third-order valence-electron chi connectivity index (χ3n) is 3.08. The number of nitrogens with zero attached hydrogens (tertiary/aromatic N) is 1. The molecular weight excluding hydrogens is 338 g/mol. The Kier molecular flexibility index (Phi) is 3.23. The third-order valence-corrected chi connectivity index (χ3v) is 4.13. The highest BCUT2D eigenvalue weighted by Crippen LogP contribution is 2.29. The number of pyridine rings is 1. The number of fused-ring (bicyclic) bond motifs is 1. The van der Waals surface area contributed by atoms with Gasteiger partial charge in [0.15, 0.2) is 0 Å². The summed E-state index contributed by atoms with van der Waals surface area (Å²) in [5.41, 5.74) is 0.864. The molecule has 0 aliphatic carbocycles. The minimum absolute atomic E-state index is 0.204. The van der Waals surface area contributed by atoms with E-state index in [2.05, 4.69) is 15.9 Å². The van der Waals surface area contributed by atoms with Crippen molar-refractivity contribution >= 4 is 38.9 Å². The molecule has 0 saturated carbocycles. The molecule has 2 N–H and O–H groups in total. The maximum absolute atomic E-state index is 9.57. The molecule has 1 aromatic heterocycles. The van der Waals surface area contributed by atoms with Gasteiger partial charge in [-0.3, -0.25) is 0 Å². The molecule has 3 rings (SSSR count). The molecule has 100 valence electrons. The van der Waals surface area contributed by atoms with Crippen molar-refractivity contribution in [2.24, 2.45) is 0 Å². The molecule has 0 saturated heterocycles. The van der Waals surface area contributed by atoms with E-state index in [1.807, 2.05) is 10.8 Å². The van der Waals surface area contributed by atoms with Crippen LogP contribution in [0.5, 0.6) is 11.5 Å². The van der Waals surface area contributed by atoms with Crippen molar-refractivity contribution < 1.29 is 10.2 Å². The largest absolute Gasteiger partial charge is 0.508 e. The minimum atomic E-state index is 0.204. The fourth-order valence-corrected chi connectivity index (χ4v) is 2.96. The summed E-state index contributed by atoms with van der Waals surface area (Å²) in [5, 5.41) is 20.7. The van der Waals surface area contributed by atoms with Crippen LogP contribution < -0.4 is 0 Å². The van der Waals surface area contributed by atoms with Gasteiger partial charge in [-0.05, 0) is 58.4 Å². The highest BCUT2D eigenvalue weighted by molar-refractivity contribution is 9.10. The summed E-state index contributed by atoms with van der Waals surface area (Å²) in [6.07, 6.45) is 1.86. The van der Waals surface area contributed by atoms with Crippen molar-refractivity contribution in [3.8, 4) is 17.2 Å². The second-order valence-corrected chi connectivity index (χ2v) is 5.64. The molecule has 3 aromatic rings. The minimum Gasteiger partial charge on any atom is -0.508 e. The summed E-state index contributed by atoms with van der Waals surface area (Å²) in [6.45, 7) is 0. The number of halogens is 1. The first-order chi connectivity index (χ1) is 9.56. The van der Waals surface area contributed by atoms with Gasteiger partial charge in [0.1, 0.15) is 16.1 Å². The highest BCUT2D eigenvalue weighted by Gasteiger charge is 2.07. The summed E-state index contributed by atoms with van der Waals surface area (Å²) in [6, 6.07) is 11.9. The van der Waals surface area contributed by atoms with Gasteiger partial charge in [-0.15, -0.1) is 0 Å². The van der Waals surface area contributed by atoms with Gasteiger partial charge in [-0.1, -0.05) is 12.2 Å². The average molecular weight is 348 g/mol. The Morgan fingerprint density at radius 2 is 1.55 bits per heavy atom. The first-order valence-electron chi connectivity index (χ1n) is 5.89. The summed E-state index contributed by atoms with van der Waals surface area (Å²) >= 11 is 9.01. The molecule has 3 nitrogen and oxygen atoms in total. The maximum Gasteiger partial charge on any atom is 0.118 e. The SMILES string of the molecule is Oc1ccc(-n2cc(Br)c3cc(O)ccc3c2=S)cc1. The van der Waals surface area contributed by atoms with Crippen LogP contribution in [0, 0.1) is 4.64 Å². The smallest absolute Gasteiger partial charge is 0.118 e. The van der Waals surface area contributed by atoms with E-state index in [9.17, 15) is 10.2 Å². The Morgan fingerprint density at radius 1 is 0.900 bits per heavy atom. The lowest BCUT2D eigenvalue weighted by Gasteiger charge is -2.11. The van der Waals surface area contributed by atoms with Crippen molar-refractivity contribution in [3.63, 3.8) is 0 Å². The molecule has 0 fully saturated rings. The van der Waals surface area contributed by atoms with Crippen LogP contribution in [0.25, 0.3) is 16.5 Å². The molecule has 0 spiro atoms. The fraction of sp³-hybridized carbons (Fsp3) is 0. The number of aromatic hydroxyl groups is 2. The first-order valence-corrected chi connectivity index (χ1v) is 7.10. The molecule has 0 aliphatic heterocycles. The third kappa shape index (κ3) is 2.19. The molecule has 0 radical (unpaired) electrons. The Balaban J connectivity index is 2.33. The van der Waals surface area contributed by atoms with Gasteiger partial charge < -0.3 is 14.8 Å². The van der Waals surface area contributed by atoms with Crippen molar-refractivity contribution in [2.45, 2.75) is 0 Å². The summed E-state index contributed by atoms with van der Waals surface area (Å²) in [7, 11) is 0. The van der Waals surface area contributed by atoms with Crippen LogP contribution >= 0.6 is 28.1 Å².